The minimum Gasteiger partial charge on any atom is -0.481 e. The lowest BCUT2D eigenvalue weighted by molar-refractivity contribution is 0.396. The lowest BCUT2D eigenvalue weighted by atomic mass is 10.3. The Morgan fingerprint density at radius 3 is 2.53 bits per heavy atom. The summed E-state index contributed by atoms with van der Waals surface area (Å²) in [7, 11) is 3.18. The summed E-state index contributed by atoms with van der Waals surface area (Å²) in [6, 6.07) is 5.52. The molecule has 0 aliphatic rings. The van der Waals surface area contributed by atoms with Crippen LogP contribution >= 0.6 is 0 Å². The predicted molar refractivity (Wildman–Crippen MR) is 71.4 cm³/mol. The Kier molecular flexibility index (Phi) is 4.12. The second-order valence-corrected chi connectivity index (χ2v) is 3.91. The van der Waals surface area contributed by atoms with E-state index >= 15 is 0 Å². The molecule has 0 saturated heterocycles. The van der Waals surface area contributed by atoms with Gasteiger partial charge in [0.2, 0.25) is 11.8 Å². The monoisotopic (exact) mass is 260 g/mol. The van der Waals surface area contributed by atoms with E-state index in [1.807, 2.05) is 19.1 Å². The van der Waals surface area contributed by atoms with Crippen LogP contribution in [0.4, 0.5) is 5.82 Å². The molecule has 0 atom stereocenters. The van der Waals surface area contributed by atoms with Crippen molar-refractivity contribution in [1.29, 1.82) is 0 Å². The van der Waals surface area contributed by atoms with Crippen LogP contribution in [-0.2, 0) is 6.54 Å². The van der Waals surface area contributed by atoms with Crippen molar-refractivity contribution in [3.8, 4) is 11.8 Å². The van der Waals surface area contributed by atoms with Crippen LogP contribution in [0.15, 0.2) is 24.4 Å². The summed E-state index contributed by atoms with van der Waals surface area (Å²) in [5.74, 6) is 2.53. The highest BCUT2D eigenvalue weighted by Gasteiger charge is 2.02. The molecule has 0 unspecified atom stereocenters. The Bertz CT molecular complexity index is 543. The SMILES string of the molecule is COc1ccc(CNc2cc(OC)nc(C)n2)cn1. The second kappa shape index (κ2) is 5.99. The summed E-state index contributed by atoms with van der Waals surface area (Å²) >= 11 is 0. The minimum absolute atomic E-state index is 0.544. The molecule has 6 heteroatoms. The molecule has 19 heavy (non-hydrogen) atoms. The summed E-state index contributed by atoms with van der Waals surface area (Å²) < 4.78 is 10.1. The molecular formula is C13H16N4O2. The smallest absolute Gasteiger partial charge is 0.218 e. The van der Waals surface area contributed by atoms with Crippen molar-refractivity contribution in [3.05, 3.63) is 35.8 Å². The van der Waals surface area contributed by atoms with E-state index in [0.29, 0.717) is 24.1 Å². The zero-order valence-electron chi connectivity index (χ0n) is 11.2. The Morgan fingerprint density at radius 2 is 1.89 bits per heavy atom. The zero-order chi connectivity index (χ0) is 13.7. The van der Waals surface area contributed by atoms with Crippen molar-refractivity contribution < 1.29 is 9.47 Å². The van der Waals surface area contributed by atoms with Crippen molar-refractivity contribution >= 4 is 5.82 Å². The number of anilines is 1. The first kappa shape index (κ1) is 13.1. The molecule has 0 aliphatic heterocycles. The van der Waals surface area contributed by atoms with Crippen LogP contribution in [0.2, 0.25) is 0 Å². The summed E-state index contributed by atoms with van der Waals surface area (Å²) in [5, 5.41) is 3.20. The van der Waals surface area contributed by atoms with Gasteiger partial charge in [0, 0.05) is 24.9 Å². The van der Waals surface area contributed by atoms with Gasteiger partial charge in [-0.15, -0.1) is 0 Å². The van der Waals surface area contributed by atoms with Crippen LogP contribution in [0.25, 0.3) is 0 Å². The third kappa shape index (κ3) is 3.54. The Labute approximate surface area is 111 Å². The van der Waals surface area contributed by atoms with Gasteiger partial charge in [0.1, 0.15) is 11.6 Å². The fraction of sp³-hybridized carbons (Fsp3) is 0.308. The fourth-order valence-corrected chi connectivity index (χ4v) is 1.56. The van der Waals surface area contributed by atoms with Crippen LogP contribution in [0.1, 0.15) is 11.4 Å². The molecule has 2 aromatic rings. The van der Waals surface area contributed by atoms with Crippen LogP contribution < -0.4 is 14.8 Å². The topological polar surface area (TPSA) is 69.2 Å². The number of hydrogen-bond acceptors (Lipinski definition) is 6. The Morgan fingerprint density at radius 1 is 1.11 bits per heavy atom. The first-order chi connectivity index (χ1) is 9.21. The highest BCUT2D eigenvalue weighted by molar-refractivity contribution is 5.39. The molecule has 2 aromatic heterocycles. The number of ether oxygens (including phenoxy) is 2. The van der Waals surface area contributed by atoms with Crippen LogP contribution in [0.3, 0.4) is 0 Å². The number of aryl methyl sites for hydroxylation is 1. The van der Waals surface area contributed by atoms with Gasteiger partial charge < -0.3 is 14.8 Å². The molecule has 2 rings (SSSR count). The number of aromatic nitrogens is 3. The van der Waals surface area contributed by atoms with Gasteiger partial charge in [-0.25, -0.2) is 9.97 Å². The maximum atomic E-state index is 5.10. The predicted octanol–water partition coefficient (Wildman–Crippen LogP) is 1.81. The summed E-state index contributed by atoms with van der Waals surface area (Å²) in [5.41, 5.74) is 1.04. The molecule has 0 aromatic carbocycles. The molecule has 0 spiro atoms. The van der Waals surface area contributed by atoms with Crippen molar-refractivity contribution in [2.24, 2.45) is 0 Å². The van der Waals surface area contributed by atoms with Gasteiger partial charge in [-0.1, -0.05) is 6.07 Å². The van der Waals surface area contributed by atoms with Gasteiger partial charge in [-0.05, 0) is 12.5 Å². The standard InChI is InChI=1S/C13H16N4O2/c1-9-16-11(6-13(17-9)19-3)14-7-10-4-5-12(18-2)15-8-10/h4-6,8H,7H2,1-3H3,(H,14,16,17). The van der Waals surface area contributed by atoms with Crippen molar-refractivity contribution in [3.63, 3.8) is 0 Å². The number of rotatable bonds is 5. The molecule has 0 aliphatic carbocycles. The Hall–Kier alpha value is -2.37. The van der Waals surface area contributed by atoms with E-state index in [0.717, 1.165) is 11.4 Å². The maximum absolute atomic E-state index is 5.10. The zero-order valence-corrected chi connectivity index (χ0v) is 11.2. The largest absolute Gasteiger partial charge is 0.481 e. The molecule has 0 saturated carbocycles. The van der Waals surface area contributed by atoms with Crippen molar-refractivity contribution in [1.82, 2.24) is 15.0 Å². The number of methoxy groups -OCH3 is 2. The third-order valence-electron chi connectivity index (χ3n) is 2.50. The van der Waals surface area contributed by atoms with Crippen LogP contribution in [-0.4, -0.2) is 29.2 Å². The molecular weight excluding hydrogens is 244 g/mol. The highest BCUT2D eigenvalue weighted by Crippen LogP contribution is 2.14. The summed E-state index contributed by atoms with van der Waals surface area (Å²) in [4.78, 5) is 12.6. The van der Waals surface area contributed by atoms with Crippen LogP contribution in [0.5, 0.6) is 11.8 Å². The summed E-state index contributed by atoms with van der Waals surface area (Å²) in [6.07, 6.45) is 1.76. The molecule has 0 fully saturated rings. The van der Waals surface area contributed by atoms with Gasteiger partial charge in [-0.3, -0.25) is 0 Å². The Balaban J connectivity index is 2.03. The molecule has 0 bridgehead atoms. The fourth-order valence-electron chi connectivity index (χ4n) is 1.56. The highest BCUT2D eigenvalue weighted by atomic mass is 16.5. The van der Waals surface area contributed by atoms with Crippen molar-refractivity contribution in [2.45, 2.75) is 13.5 Å². The lowest BCUT2D eigenvalue weighted by Gasteiger charge is -2.08. The van der Waals surface area contributed by atoms with Gasteiger partial charge in [0.15, 0.2) is 0 Å². The number of hydrogen-bond donors (Lipinski definition) is 1. The molecule has 1 N–H and O–H groups in total. The molecule has 100 valence electrons. The van der Waals surface area contributed by atoms with Crippen molar-refractivity contribution in [2.75, 3.05) is 19.5 Å². The van der Waals surface area contributed by atoms with Gasteiger partial charge in [0.25, 0.3) is 0 Å². The molecule has 0 radical (unpaired) electrons. The number of nitrogens with one attached hydrogen (secondary N) is 1. The minimum atomic E-state index is 0.544. The molecule has 6 nitrogen and oxygen atoms in total. The van der Waals surface area contributed by atoms with Gasteiger partial charge >= 0.3 is 0 Å². The van der Waals surface area contributed by atoms with E-state index in [1.54, 1.807) is 26.5 Å². The van der Waals surface area contributed by atoms with E-state index in [4.69, 9.17) is 9.47 Å². The maximum Gasteiger partial charge on any atom is 0.218 e. The molecule has 0 amide bonds. The van der Waals surface area contributed by atoms with Gasteiger partial charge in [0.05, 0.1) is 14.2 Å². The third-order valence-corrected chi connectivity index (χ3v) is 2.50. The average Bonchev–Trinajstić information content (AvgIpc) is 2.45. The van der Waals surface area contributed by atoms with E-state index in [9.17, 15) is 0 Å². The number of pyridine rings is 1. The number of nitrogens with zero attached hydrogens (tertiary/aromatic N) is 3. The van der Waals surface area contributed by atoms with E-state index in [1.165, 1.54) is 0 Å². The van der Waals surface area contributed by atoms with E-state index in [-0.39, 0.29) is 0 Å². The first-order valence-corrected chi connectivity index (χ1v) is 5.83. The summed E-state index contributed by atoms with van der Waals surface area (Å²) in [6.45, 7) is 2.44. The second-order valence-electron chi connectivity index (χ2n) is 3.91. The lowest BCUT2D eigenvalue weighted by Crippen LogP contribution is -2.04. The normalized spacial score (nSPS) is 10.1. The quantitative estimate of drug-likeness (QED) is 0.884. The van der Waals surface area contributed by atoms with E-state index < -0.39 is 0 Å². The van der Waals surface area contributed by atoms with E-state index in [2.05, 4.69) is 20.3 Å². The first-order valence-electron chi connectivity index (χ1n) is 5.83. The van der Waals surface area contributed by atoms with Crippen LogP contribution in [0, 0.1) is 6.92 Å². The molecule has 2 heterocycles. The van der Waals surface area contributed by atoms with Gasteiger partial charge in [-0.2, -0.15) is 4.98 Å². The average molecular weight is 260 g/mol.